The molecule has 1 aliphatic rings. The highest BCUT2D eigenvalue weighted by Crippen LogP contribution is 1.84. The maximum absolute atomic E-state index is 9.60. The largest absolute Gasteiger partial charge is 0.478 e. The van der Waals surface area contributed by atoms with Gasteiger partial charge in [-0.25, -0.2) is 4.79 Å². The number of carboxylic acids is 1. The number of rotatable bonds is 1. The molecule has 1 heterocycles. The van der Waals surface area contributed by atoms with E-state index in [2.05, 4.69) is 16.1 Å². The van der Waals surface area contributed by atoms with Crippen molar-refractivity contribution in [3.05, 3.63) is 12.2 Å². The molecule has 0 radical (unpaired) electrons. The molecule has 12 heavy (non-hydrogen) atoms. The zero-order chi connectivity index (χ0) is 9.98. The molecule has 0 aromatic carbocycles. The number of epoxide rings is 1. The highest BCUT2D eigenvalue weighted by Gasteiger charge is 1.94. The van der Waals surface area contributed by atoms with E-state index in [1.807, 2.05) is 0 Å². The average molecular weight is 176 g/mol. The molecule has 0 atom stereocenters. The summed E-state index contributed by atoms with van der Waals surface area (Å²) in [5.74, 6) is -0.935. The topological polar surface area (TPSA) is 59.1 Å². The van der Waals surface area contributed by atoms with Gasteiger partial charge in [0.25, 0.3) is 0 Å². The van der Waals surface area contributed by atoms with Crippen LogP contribution in [0.1, 0.15) is 6.92 Å². The lowest BCUT2D eigenvalue weighted by Gasteiger charge is -1.79. The minimum atomic E-state index is -0.935. The van der Waals surface area contributed by atoms with Gasteiger partial charge in [0.1, 0.15) is 0 Å². The fourth-order valence-electron chi connectivity index (χ4n) is 0. The second-order valence-electron chi connectivity index (χ2n) is 2.11. The Hall–Kier alpha value is -0.870. The second-order valence-corrected chi connectivity index (χ2v) is 2.11. The number of aliphatic carboxylic acids is 1. The van der Waals surface area contributed by atoms with Gasteiger partial charge < -0.3 is 14.6 Å². The lowest BCUT2D eigenvalue weighted by atomic mass is 10.4. The van der Waals surface area contributed by atoms with Crippen LogP contribution in [-0.2, 0) is 14.3 Å². The lowest BCUT2D eigenvalue weighted by Crippen LogP contribution is -1.92. The van der Waals surface area contributed by atoms with E-state index >= 15 is 0 Å². The first kappa shape index (κ1) is 13.7. The molecule has 72 valence electrons. The number of carbonyl (C=O) groups is 1. The summed E-state index contributed by atoms with van der Waals surface area (Å²) in [6.07, 6.45) is 0. The molecule has 1 fully saturated rings. The van der Waals surface area contributed by atoms with Gasteiger partial charge in [-0.05, 0) is 6.92 Å². The Kier molecular flexibility index (Phi) is 11.6. The zero-order valence-corrected chi connectivity index (χ0v) is 7.79. The van der Waals surface area contributed by atoms with Gasteiger partial charge in [0, 0.05) is 19.8 Å². The van der Waals surface area contributed by atoms with Gasteiger partial charge in [-0.2, -0.15) is 0 Å². The van der Waals surface area contributed by atoms with Crippen molar-refractivity contribution in [1.29, 1.82) is 0 Å². The Morgan fingerprint density at radius 2 is 1.67 bits per heavy atom. The summed E-state index contributed by atoms with van der Waals surface area (Å²) >= 11 is 0. The van der Waals surface area contributed by atoms with Crippen molar-refractivity contribution in [3.8, 4) is 0 Å². The number of carboxylic acid groups (broad SMARTS) is 1. The highest BCUT2D eigenvalue weighted by atomic mass is 16.6. The Labute approximate surface area is 72.8 Å². The highest BCUT2D eigenvalue weighted by molar-refractivity contribution is 5.84. The Morgan fingerprint density at radius 1 is 1.50 bits per heavy atom. The molecule has 1 rings (SSSR count). The second kappa shape index (κ2) is 10.1. The van der Waals surface area contributed by atoms with Crippen LogP contribution in [0.5, 0.6) is 0 Å². The van der Waals surface area contributed by atoms with Gasteiger partial charge in [0.15, 0.2) is 0 Å². The van der Waals surface area contributed by atoms with Gasteiger partial charge in [0.2, 0.25) is 0 Å². The molecule has 0 bridgehead atoms. The number of hydrogen-bond donors (Lipinski definition) is 1. The van der Waals surface area contributed by atoms with Gasteiger partial charge in [0.05, 0.1) is 13.2 Å². The van der Waals surface area contributed by atoms with E-state index < -0.39 is 5.97 Å². The maximum atomic E-state index is 9.60. The lowest BCUT2D eigenvalue weighted by molar-refractivity contribution is -0.132. The Morgan fingerprint density at radius 3 is 1.67 bits per heavy atom. The third kappa shape index (κ3) is 35.4. The van der Waals surface area contributed by atoms with E-state index in [1.54, 1.807) is 14.2 Å². The predicted molar refractivity (Wildman–Crippen MR) is 46.2 cm³/mol. The van der Waals surface area contributed by atoms with Crippen molar-refractivity contribution < 1.29 is 19.4 Å². The molecule has 1 aliphatic heterocycles. The van der Waals surface area contributed by atoms with Crippen LogP contribution in [0.2, 0.25) is 0 Å². The fraction of sp³-hybridized carbons (Fsp3) is 0.625. The molecule has 0 amide bonds. The van der Waals surface area contributed by atoms with Crippen LogP contribution < -0.4 is 0 Å². The minimum Gasteiger partial charge on any atom is -0.478 e. The van der Waals surface area contributed by atoms with Crippen LogP contribution in [-0.4, -0.2) is 38.5 Å². The third-order valence-electron chi connectivity index (χ3n) is 0.569. The summed E-state index contributed by atoms with van der Waals surface area (Å²) in [5, 5.41) is 7.89. The van der Waals surface area contributed by atoms with Gasteiger partial charge in [-0.15, -0.1) is 0 Å². The maximum Gasteiger partial charge on any atom is 0.330 e. The smallest absolute Gasteiger partial charge is 0.330 e. The Bertz CT molecular complexity index is 114. The summed E-state index contributed by atoms with van der Waals surface area (Å²) in [4.78, 5) is 9.60. The summed E-state index contributed by atoms with van der Waals surface area (Å²) in [6.45, 7) is 6.60. The number of hydrogen-bond acceptors (Lipinski definition) is 3. The SMILES string of the molecule is C1CO1.C=C(C)C(=O)O.COC. The molecule has 1 N–H and O–H groups in total. The van der Waals surface area contributed by atoms with Crippen molar-refractivity contribution in [2.75, 3.05) is 27.4 Å². The van der Waals surface area contributed by atoms with Gasteiger partial charge >= 0.3 is 5.97 Å². The van der Waals surface area contributed by atoms with Crippen LogP contribution in [0, 0.1) is 0 Å². The normalized spacial score (nSPS) is 11.2. The fourth-order valence-corrected chi connectivity index (χ4v) is 0. The molecular formula is C8H16O4. The first-order chi connectivity index (χ1) is 5.56. The van der Waals surface area contributed by atoms with Crippen LogP contribution in [0.3, 0.4) is 0 Å². The van der Waals surface area contributed by atoms with Crippen molar-refractivity contribution in [1.82, 2.24) is 0 Å². The van der Waals surface area contributed by atoms with E-state index in [4.69, 9.17) is 5.11 Å². The molecule has 1 saturated heterocycles. The quantitative estimate of drug-likeness (QED) is 0.477. The third-order valence-corrected chi connectivity index (χ3v) is 0.569. The van der Waals surface area contributed by atoms with Crippen molar-refractivity contribution in [2.24, 2.45) is 0 Å². The van der Waals surface area contributed by atoms with Crippen molar-refractivity contribution in [2.45, 2.75) is 6.92 Å². The minimum absolute atomic E-state index is 0.176. The number of methoxy groups -OCH3 is 1. The van der Waals surface area contributed by atoms with Crippen LogP contribution in [0.25, 0.3) is 0 Å². The van der Waals surface area contributed by atoms with Crippen LogP contribution in [0.15, 0.2) is 12.2 Å². The molecule has 0 aromatic rings. The summed E-state index contributed by atoms with van der Waals surface area (Å²) in [6, 6.07) is 0. The standard InChI is InChI=1S/C4H6O2.C2H4O.C2H6O/c1-3(2)4(5)6;1-2-3-1;1-3-2/h1H2,2H3,(H,5,6);1-2H2;1-2H3. The molecule has 0 aromatic heterocycles. The van der Waals surface area contributed by atoms with Crippen molar-refractivity contribution >= 4 is 5.97 Å². The molecule has 4 heteroatoms. The molecular weight excluding hydrogens is 160 g/mol. The van der Waals surface area contributed by atoms with E-state index in [1.165, 1.54) is 6.92 Å². The first-order valence-corrected chi connectivity index (χ1v) is 3.43. The van der Waals surface area contributed by atoms with Gasteiger partial charge in [-0.1, -0.05) is 6.58 Å². The zero-order valence-electron chi connectivity index (χ0n) is 7.79. The van der Waals surface area contributed by atoms with E-state index in [0.29, 0.717) is 0 Å². The van der Waals surface area contributed by atoms with E-state index in [-0.39, 0.29) is 5.57 Å². The summed E-state index contributed by atoms with van der Waals surface area (Å²) < 4.78 is 8.75. The monoisotopic (exact) mass is 176 g/mol. The van der Waals surface area contributed by atoms with E-state index in [0.717, 1.165) is 13.2 Å². The van der Waals surface area contributed by atoms with Crippen LogP contribution >= 0.6 is 0 Å². The van der Waals surface area contributed by atoms with Crippen LogP contribution in [0.4, 0.5) is 0 Å². The molecule has 0 unspecified atom stereocenters. The molecule has 0 saturated carbocycles. The molecule has 0 spiro atoms. The number of ether oxygens (including phenoxy) is 2. The Balaban J connectivity index is 0. The average Bonchev–Trinajstić information content (AvgIpc) is 2.72. The van der Waals surface area contributed by atoms with Crippen molar-refractivity contribution in [3.63, 3.8) is 0 Å². The van der Waals surface area contributed by atoms with Gasteiger partial charge in [-0.3, -0.25) is 0 Å². The first-order valence-electron chi connectivity index (χ1n) is 3.43. The molecule has 4 nitrogen and oxygen atoms in total. The summed E-state index contributed by atoms with van der Waals surface area (Å²) in [7, 11) is 3.25. The van der Waals surface area contributed by atoms with E-state index in [9.17, 15) is 4.79 Å². The predicted octanol–water partition coefficient (Wildman–Crippen LogP) is 0.926. The summed E-state index contributed by atoms with van der Waals surface area (Å²) in [5.41, 5.74) is 0.176. The molecule has 0 aliphatic carbocycles.